The van der Waals surface area contributed by atoms with Crippen LogP contribution in [0, 0.1) is 0 Å². The minimum atomic E-state index is 0.347. The van der Waals surface area contributed by atoms with Crippen LogP contribution < -0.4 is 14.8 Å². The highest BCUT2D eigenvalue weighted by Gasteiger charge is 2.20. The minimum Gasteiger partial charge on any atom is -0.454 e. The zero-order valence-electron chi connectivity index (χ0n) is 11.4. The molecule has 1 fully saturated rings. The van der Waals surface area contributed by atoms with Crippen molar-refractivity contribution in [3.8, 4) is 11.5 Å². The van der Waals surface area contributed by atoms with Crippen molar-refractivity contribution in [3.63, 3.8) is 0 Å². The summed E-state index contributed by atoms with van der Waals surface area (Å²) < 4.78 is 10.8. The third kappa shape index (κ3) is 3.00. The second-order valence-corrected chi connectivity index (χ2v) is 6.53. The van der Waals surface area contributed by atoms with Crippen LogP contribution in [0.2, 0.25) is 0 Å². The summed E-state index contributed by atoms with van der Waals surface area (Å²) in [6, 6.07) is 6.66. The van der Waals surface area contributed by atoms with Crippen molar-refractivity contribution in [3.05, 3.63) is 23.8 Å². The third-order valence-corrected chi connectivity index (χ3v) is 5.42. The van der Waals surface area contributed by atoms with E-state index in [-0.39, 0.29) is 0 Å². The molecule has 3 nitrogen and oxygen atoms in total. The smallest absolute Gasteiger partial charge is 0.231 e. The lowest BCUT2D eigenvalue weighted by atomic mass is 10.1. The average molecular weight is 279 g/mol. The monoisotopic (exact) mass is 279 g/mol. The molecule has 0 aromatic heterocycles. The highest BCUT2D eigenvalue weighted by molar-refractivity contribution is 7.99. The maximum atomic E-state index is 5.45. The van der Waals surface area contributed by atoms with Gasteiger partial charge in [-0.2, -0.15) is 11.8 Å². The molecule has 1 N–H and O–H groups in total. The van der Waals surface area contributed by atoms with Crippen LogP contribution in [0.4, 0.5) is 0 Å². The van der Waals surface area contributed by atoms with Gasteiger partial charge in [0, 0.05) is 17.0 Å². The molecule has 2 aliphatic rings. The molecule has 1 aromatic rings. The van der Waals surface area contributed by atoms with E-state index in [1.54, 1.807) is 0 Å². The molecule has 3 rings (SSSR count). The fraction of sp³-hybridized carbons (Fsp3) is 0.600. The van der Waals surface area contributed by atoms with Crippen LogP contribution in [0.25, 0.3) is 0 Å². The minimum absolute atomic E-state index is 0.347. The van der Waals surface area contributed by atoms with Crippen molar-refractivity contribution in [1.29, 1.82) is 0 Å². The van der Waals surface area contributed by atoms with E-state index in [2.05, 4.69) is 29.2 Å². The summed E-state index contributed by atoms with van der Waals surface area (Å²) in [5.74, 6) is 2.87. The molecule has 1 aliphatic carbocycles. The first-order chi connectivity index (χ1) is 9.36. The number of fused-ring (bicyclic) bond motifs is 1. The number of nitrogens with one attached hydrogen (secondary N) is 1. The lowest BCUT2D eigenvalue weighted by Gasteiger charge is -2.19. The molecule has 0 amide bonds. The summed E-state index contributed by atoms with van der Waals surface area (Å²) in [7, 11) is 2.03. The summed E-state index contributed by atoms with van der Waals surface area (Å²) in [5, 5.41) is 4.28. The molecule has 0 saturated heterocycles. The van der Waals surface area contributed by atoms with Gasteiger partial charge < -0.3 is 14.8 Å². The van der Waals surface area contributed by atoms with Crippen LogP contribution in [0.5, 0.6) is 11.5 Å². The van der Waals surface area contributed by atoms with Gasteiger partial charge in [-0.3, -0.25) is 0 Å². The lowest BCUT2D eigenvalue weighted by Crippen LogP contribution is -2.19. The number of ether oxygens (including phenoxy) is 2. The Morgan fingerprint density at radius 1 is 1.26 bits per heavy atom. The third-order valence-electron chi connectivity index (χ3n) is 3.95. The number of thioether (sulfide) groups is 1. The van der Waals surface area contributed by atoms with Gasteiger partial charge in [-0.15, -0.1) is 0 Å². The number of rotatable bonds is 5. The Morgan fingerprint density at radius 2 is 2.05 bits per heavy atom. The maximum Gasteiger partial charge on any atom is 0.231 e. The first kappa shape index (κ1) is 13.1. The predicted molar refractivity (Wildman–Crippen MR) is 79.1 cm³/mol. The molecular weight excluding hydrogens is 258 g/mol. The summed E-state index contributed by atoms with van der Waals surface area (Å²) in [4.78, 5) is 0. The molecule has 4 heteroatoms. The molecule has 1 aliphatic heterocycles. The molecule has 19 heavy (non-hydrogen) atoms. The average Bonchev–Trinajstić information content (AvgIpc) is 3.09. The lowest BCUT2D eigenvalue weighted by molar-refractivity contribution is 0.174. The molecule has 1 atom stereocenters. The van der Waals surface area contributed by atoms with Crippen LogP contribution in [0.1, 0.15) is 37.3 Å². The SMILES string of the molecule is CNC(CSC1CCCC1)c1ccc2c(c1)OCO2. The zero-order valence-corrected chi connectivity index (χ0v) is 12.2. The number of benzene rings is 1. The van der Waals surface area contributed by atoms with Gasteiger partial charge in [0.25, 0.3) is 0 Å². The van der Waals surface area contributed by atoms with E-state index >= 15 is 0 Å². The van der Waals surface area contributed by atoms with E-state index in [1.807, 2.05) is 13.1 Å². The van der Waals surface area contributed by atoms with Crippen LogP contribution in [-0.4, -0.2) is 24.8 Å². The standard InChI is InChI=1S/C15H21NO2S/c1-16-13(9-19-12-4-2-3-5-12)11-6-7-14-15(8-11)18-10-17-14/h6-8,12-13,16H,2-5,9-10H2,1H3. The van der Waals surface area contributed by atoms with Gasteiger partial charge in [0.15, 0.2) is 11.5 Å². The first-order valence-corrected chi connectivity index (χ1v) is 8.10. The van der Waals surface area contributed by atoms with Gasteiger partial charge in [-0.05, 0) is 37.6 Å². The van der Waals surface area contributed by atoms with Crippen molar-refractivity contribution >= 4 is 11.8 Å². The Hall–Kier alpha value is -0.870. The van der Waals surface area contributed by atoms with Crippen LogP contribution >= 0.6 is 11.8 Å². The van der Waals surface area contributed by atoms with E-state index < -0.39 is 0 Å². The van der Waals surface area contributed by atoms with E-state index in [0.717, 1.165) is 22.5 Å². The van der Waals surface area contributed by atoms with E-state index in [0.29, 0.717) is 12.8 Å². The summed E-state index contributed by atoms with van der Waals surface area (Å²) in [5.41, 5.74) is 1.29. The molecular formula is C15H21NO2S. The molecule has 0 bridgehead atoms. The Balaban J connectivity index is 1.64. The van der Waals surface area contributed by atoms with Crippen LogP contribution in [0.15, 0.2) is 18.2 Å². The van der Waals surface area contributed by atoms with Crippen molar-refractivity contribution in [2.24, 2.45) is 0 Å². The molecule has 1 aromatic carbocycles. The van der Waals surface area contributed by atoms with Crippen molar-refractivity contribution in [2.45, 2.75) is 37.0 Å². The first-order valence-electron chi connectivity index (χ1n) is 7.05. The van der Waals surface area contributed by atoms with Gasteiger partial charge >= 0.3 is 0 Å². The quantitative estimate of drug-likeness (QED) is 0.895. The Morgan fingerprint density at radius 3 is 2.84 bits per heavy atom. The Kier molecular flexibility index (Phi) is 4.18. The molecule has 1 heterocycles. The topological polar surface area (TPSA) is 30.5 Å². The molecule has 1 saturated carbocycles. The zero-order chi connectivity index (χ0) is 13.1. The second-order valence-electron chi connectivity index (χ2n) is 5.19. The van der Waals surface area contributed by atoms with Crippen molar-refractivity contribution < 1.29 is 9.47 Å². The molecule has 104 valence electrons. The summed E-state index contributed by atoms with van der Waals surface area (Å²) in [6.45, 7) is 0.347. The normalized spacial score (nSPS) is 19.8. The summed E-state index contributed by atoms with van der Waals surface area (Å²) in [6.07, 6.45) is 5.60. The van der Waals surface area contributed by atoms with Gasteiger partial charge in [-0.25, -0.2) is 0 Å². The van der Waals surface area contributed by atoms with Crippen molar-refractivity contribution in [2.75, 3.05) is 19.6 Å². The van der Waals surface area contributed by atoms with Crippen LogP contribution in [-0.2, 0) is 0 Å². The Labute approximate surface area is 119 Å². The number of hydrogen-bond acceptors (Lipinski definition) is 4. The molecule has 0 spiro atoms. The number of hydrogen-bond donors (Lipinski definition) is 1. The van der Waals surface area contributed by atoms with E-state index in [9.17, 15) is 0 Å². The fourth-order valence-electron chi connectivity index (χ4n) is 2.76. The largest absolute Gasteiger partial charge is 0.454 e. The van der Waals surface area contributed by atoms with Crippen molar-refractivity contribution in [1.82, 2.24) is 5.32 Å². The van der Waals surface area contributed by atoms with Crippen LogP contribution in [0.3, 0.4) is 0 Å². The predicted octanol–water partition coefficient (Wildman–Crippen LogP) is 3.35. The molecule has 1 unspecified atom stereocenters. The maximum absolute atomic E-state index is 5.45. The Bertz CT molecular complexity index is 432. The molecule has 0 radical (unpaired) electrons. The second kappa shape index (κ2) is 6.06. The summed E-state index contributed by atoms with van der Waals surface area (Å²) >= 11 is 2.11. The van der Waals surface area contributed by atoms with Gasteiger partial charge in [0.05, 0.1) is 0 Å². The highest BCUT2D eigenvalue weighted by atomic mass is 32.2. The van der Waals surface area contributed by atoms with Gasteiger partial charge in [0.2, 0.25) is 6.79 Å². The highest BCUT2D eigenvalue weighted by Crippen LogP contribution is 2.36. The van der Waals surface area contributed by atoms with Gasteiger partial charge in [0.1, 0.15) is 0 Å². The van der Waals surface area contributed by atoms with Gasteiger partial charge in [-0.1, -0.05) is 18.9 Å². The van der Waals surface area contributed by atoms with E-state index in [1.165, 1.54) is 31.2 Å². The fourth-order valence-corrected chi connectivity index (χ4v) is 4.25. The van der Waals surface area contributed by atoms with E-state index in [4.69, 9.17) is 9.47 Å².